The molecule has 4 heteroatoms. The van der Waals surface area contributed by atoms with Crippen LogP contribution in [-0.2, 0) is 11.3 Å². The zero-order valence-corrected chi connectivity index (χ0v) is 14.7. The summed E-state index contributed by atoms with van der Waals surface area (Å²) in [6.07, 6.45) is 7.99. The number of hydrogen-bond acceptors (Lipinski definition) is 3. The van der Waals surface area contributed by atoms with Crippen molar-refractivity contribution in [2.75, 3.05) is 19.6 Å². The Morgan fingerprint density at radius 1 is 1.16 bits per heavy atom. The molecular weight excluding hydrogens is 310 g/mol. The molecule has 0 radical (unpaired) electrons. The van der Waals surface area contributed by atoms with Crippen LogP contribution in [0.15, 0.2) is 60.9 Å². The molecule has 25 heavy (non-hydrogen) atoms. The molecule has 0 bridgehead atoms. The topological polar surface area (TPSA) is 36.4 Å². The highest BCUT2D eigenvalue weighted by atomic mass is 16.2. The van der Waals surface area contributed by atoms with Crippen LogP contribution >= 0.6 is 0 Å². The monoisotopic (exact) mass is 335 g/mol. The van der Waals surface area contributed by atoms with Crippen molar-refractivity contribution in [1.29, 1.82) is 0 Å². The van der Waals surface area contributed by atoms with E-state index in [0.717, 1.165) is 38.2 Å². The maximum absolute atomic E-state index is 12.5. The zero-order chi connectivity index (χ0) is 17.5. The first-order chi connectivity index (χ1) is 12.2. The molecule has 4 nitrogen and oxygen atoms in total. The summed E-state index contributed by atoms with van der Waals surface area (Å²) in [6.45, 7) is 5.68. The Hall–Kier alpha value is -2.46. The van der Waals surface area contributed by atoms with Gasteiger partial charge in [0.1, 0.15) is 0 Å². The zero-order valence-electron chi connectivity index (χ0n) is 14.7. The number of rotatable bonds is 4. The van der Waals surface area contributed by atoms with Crippen LogP contribution in [0.1, 0.15) is 24.5 Å². The van der Waals surface area contributed by atoms with Crippen LogP contribution in [0.3, 0.4) is 0 Å². The minimum Gasteiger partial charge on any atom is -0.338 e. The van der Waals surface area contributed by atoms with Crippen molar-refractivity contribution in [3.63, 3.8) is 0 Å². The summed E-state index contributed by atoms with van der Waals surface area (Å²) in [4.78, 5) is 21.0. The molecule has 1 aliphatic rings. The van der Waals surface area contributed by atoms with E-state index >= 15 is 0 Å². The van der Waals surface area contributed by atoms with Crippen molar-refractivity contribution in [3.8, 4) is 0 Å². The summed E-state index contributed by atoms with van der Waals surface area (Å²) in [7, 11) is 0. The molecule has 1 aromatic heterocycles. The second kappa shape index (κ2) is 8.58. The molecule has 0 unspecified atom stereocenters. The van der Waals surface area contributed by atoms with E-state index < -0.39 is 0 Å². The molecule has 0 spiro atoms. The Bertz CT molecular complexity index is 700. The van der Waals surface area contributed by atoms with E-state index in [1.165, 1.54) is 5.56 Å². The van der Waals surface area contributed by atoms with E-state index in [2.05, 4.69) is 41.1 Å². The minimum absolute atomic E-state index is 0.0811. The van der Waals surface area contributed by atoms with E-state index in [1.807, 2.05) is 29.2 Å². The van der Waals surface area contributed by atoms with Crippen LogP contribution < -0.4 is 0 Å². The number of pyridine rings is 1. The number of aromatic nitrogens is 1. The Morgan fingerprint density at radius 3 is 2.76 bits per heavy atom. The van der Waals surface area contributed by atoms with Gasteiger partial charge in [-0.05, 0) is 36.6 Å². The normalized spacial score (nSPS) is 19.1. The summed E-state index contributed by atoms with van der Waals surface area (Å²) in [5.41, 5.74) is 2.27. The van der Waals surface area contributed by atoms with Gasteiger partial charge in [0.2, 0.25) is 5.91 Å². The number of carbonyl (C=O) groups excluding carboxylic acids is 1. The molecule has 1 atom stereocenters. The van der Waals surface area contributed by atoms with Gasteiger partial charge in [0.25, 0.3) is 0 Å². The maximum atomic E-state index is 12.5. The van der Waals surface area contributed by atoms with Crippen LogP contribution in [0.5, 0.6) is 0 Å². The fourth-order valence-electron chi connectivity index (χ4n) is 3.13. The predicted octanol–water partition coefficient (Wildman–Crippen LogP) is 3.22. The molecule has 1 aromatic carbocycles. The Labute approximate surface area is 149 Å². The van der Waals surface area contributed by atoms with Crippen molar-refractivity contribution in [2.24, 2.45) is 0 Å². The molecule has 1 saturated heterocycles. The van der Waals surface area contributed by atoms with Gasteiger partial charge in [-0.25, -0.2) is 0 Å². The Balaban J connectivity index is 1.58. The summed E-state index contributed by atoms with van der Waals surface area (Å²) < 4.78 is 0. The third-order valence-electron chi connectivity index (χ3n) is 4.74. The predicted molar refractivity (Wildman–Crippen MR) is 101 cm³/mol. The first-order valence-corrected chi connectivity index (χ1v) is 8.87. The van der Waals surface area contributed by atoms with Gasteiger partial charge >= 0.3 is 0 Å². The smallest absolute Gasteiger partial charge is 0.246 e. The van der Waals surface area contributed by atoms with Crippen LogP contribution in [0.2, 0.25) is 0 Å². The minimum atomic E-state index is 0.0811. The molecule has 0 aliphatic carbocycles. The van der Waals surface area contributed by atoms with Gasteiger partial charge in [-0.3, -0.25) is 14.7 Å². The largest absolute Gasteiger partial charge is 0.338 e. The average molecular weight is 335 g/mol. The van der Waals surface area contributed by atoms with Crippen molar-refractivity contribution in [2.45, 2.75) is 25.9 Å². The average Bonchev–Trinajstić information content (AvgIpc) is 2.84. The second-order valence-electron chi connectivity index (χ2n) is 6.54. The lowest BCUT2D eigenvalue weighted by Crippen LogP contribution is -2.35. The first kappa shape index (κ1) is 17.4. The summed E-state index contributed by atoms with van der Waals surface area (Å²) >= 11 is 0. The molecule has 0 N–H and O–H groups in total. The standard InChI is InChI=1S/C21H25N3O/c1-18-11-13-23(21(25)10-9-19-8-5-12-22-16-19)14-15-24(18)17-20-6-3-2-4-7-20/h2-10,12,16,18H,11,13-15,17H2,1H3/b10-9-/t18-/m1/s1. The van der Waals surface area contributed by atoms with E-state index in [9.17, 15) is 4.79 Å². The van der Waals surface area contributed by atoms with Crippen molar-refractivity contribution >= 4 is 12.0 Å². The fraction of sp³-hybridized carbons (Fsp3) is 0.333. The van der Waals surface area contributed by atoms with E-state index in [0.29, 0.717) is 6.04 Å². The van der Waals surface area contributed by atoms with Gasteiger partial charge in [0.15, 0.2) is 0 Å². The quantitative estimate of drug-likeness (QED) is 0.805. The fourth-order valence-corrected chi connectivity index (χ4v) is 3.13. The number of benzene rings is 1. The molecule has 1 fully saturated rings. The van der Waals surface area contributed by atoms with Gasteiger partial charge in [0.05, 0.1) is 0 Å². The maximum Gasteiger partial charge on any atom is 0.246 e. The highest BCUT2D eigenvalue weighted by Crippen LogP contribution is 2.15. The van der Waals surface area contributed by atoms with Crippen LogP contribution in [-0.4, -0.2) is 46.4 Å². The number of amides is 1. The molecular formula is C21H25N3O. The Morgan fingerprint density at radius 2 is 2.00 bits per heavy atom. The highest BCUT2D eigenvalue weighted by molar-refractivity contribution is 5.91. The van der Waals surface area contributed by atoms with Crippen LogP contribution in [0, 0.1) is 0 Å². The summed E-state index contributed by atoms with van der Waals surface area (Å²) in [5, 5.41) is 0. The number of carbonyl (C=O) groups is 1. The van der Waals surface area contributed by atoms with Crippen molar-refractivity contribution in [3.05, 3.63) is 72.1 Å². The number of nitrogens with zero attached hydrogens (tertiary/aromatic N) is 3. The van der Waals surface area contributed by atoms with Crippen LogP contribution in [0.4, 0.5) is 0 Å². The lowest BCUT2D eigenvalue weighted by Gasteiger charge is -2.26. The number of hydrogen-bond donors (Lipinski definition) is 0. The van der Waals surface area contributed by atoms with E-state index in [4.69, 9.17) is 0 Å². The van der Waals surface area contributed by atoms with E-state index in [1.54, 1.807) is 18.5 Å². The van der Waals surface area contributed by atoms with Gasteiger partial charge in [-0.1, -0.05) is 36.4 Å². The first-order valence-electron chi connectivity index (χ1n) is 8.87. The molecule has 0 saturated carbocycles. The van der Waals surface area contributed by atoms with Crippen molar-refractivity contribution < 1.29 is 4.79 Å². The van der Waals surface area contributed by atoms with Gasteiger partial charge in [0, 0.05) is 50.7 Å². The lowest BCUT2D eigenvalue weighted by molar-refractivity contribution is -0.125. The molecule has 130 valence electrons. The van der Waals surface area contributed by atoms with Gasteiger partial charge < -0.3 is 4.90 Å². The molecule has 1 aliphatic heterocycles. The molecule has 2 heterocycles. The third kappa shape index (κ3) is 5.00. The third-order valence-corrected chi connectivity index (χ3v) is 4.74. The van der Waals surface area contributed by atoms with Gasteiger partial charge in [-0.15, -0.1) is 0 Å². The highest BCUT2D eigenvalue weighted by Gasteiger charge is 2.22. The summed E-state index contributed by atoms with van der Waals surface area (Å²) in [6, 6.07) is 14.8. The molecule has 1 amide bonds. The van der Waals surface area contributed by atoms with Gasteiger partial charge in [-0.2, -0.15) is 0 Å². The lowest BCUT2D eigenvalue weighted by atomic mass is 10.1. The Kier molecular flexibility index (Phi) is 5.96. The summed E-state index contributed by atoms with van der Waals surface area (Å²) in [5.74, 6) is 0.0811. The molecule has 3 rings (SSSR count). The van der Waals surface area contributed by atoms with E-state index in [-0.39, 0.29) is 5.91 Å². The SMILES string of the molecule is C[C@@H]1CCN(C(=O)/C=C\c2cccnc2)CCN1Cc1ccccc1. The van der Waals surface area contributed by atoms with Crippen LogP contribution in [0.25, 0.3) is 6.08 Å². The van der Waals surface area contributed by atoms with Crippen molar-refractivity contribution in [1.82, 2.24) is 14.8 Å². The molecule has 2 aromatic rings. The second-order valence-corrected chi connectivity index (χ2v) is 6.54.